The van der Waals surface area contributed by atoms with E-state index in [1.165, 1.54) is 48.6 Å². The number of carbonyl (C=O) groups excluding carboxylic acids is 1. The van der Waals surface area contributed by atoms with E-state index in [-0.39, 0.29) is 31.6 Å². The molecule has 0 amide bonds. The second-order valence-electron chi connectivity index (χ2n) is 6.17. The van der Waals surface area contributed by atoms with E-state index in [0.29, 0.717) is 14.5 Å². The Hall–Kier alpha value is -1.81. The van der Waals surface area contributed by atoms with Crippen molar-refractivity contribution >= 4 is 71.2 Å². The number of aromatic nitrogens is 1. The first-order valence-electron chi connectivity index (χ1n) is 8.41. The summed E-state index contributed by atoms with van der Waals surface area (Å²) >= 11 is 2.25. The molecule has 0 unspecified atom stereocenters. The monoisotopic (exact) mass is 631 g/mol. The summed E-state index contributed by atoms with van der Waals surface area (Å²) in [6, 6.07) is 18.5. The molecule has 28 heavy (non-hydrogen) atoms. The third-order valence-corrected chi connectivity index (χ3v) is 7.53. The van der Waals surface area contributed by atoms with E-state index in [1.54, 1.807) is 0 Å². The van der Waals surface area contributed by atoms with Gasteiger partial charge >= 0.3 is 125 Å². The molecule has 3 aromatic heterocycles. The van der Waals surface area contributed by atoms with Crippen LogP contribution in [0.5, 0.6) is 0 Å². The fourth-order valence-electron chi connectivity index (χ4n) is 3.11. The maximum absolute atomic E-state index is 10.0. The van der Waals surface area contributed by atoms with Crippen LogP contribution in [0.2, 0.25) is 0 Å². The van der Waals surface area contributed by atoms with Crippen LogP contribution in [-0.2, 0) is 24.9 Å². The molecule has 5 aromatic rings. The van der Waals surface area contributed by atoms with Gasteiger partial charge in [-0.05, 0) is 13.8 Å². The van der Waals surface area contributed by atoms with Crippen LogP contribution >= 0.6 is 11.3 Å². The number of rotatable bonds is 1. The Morgan fingerprint density at radius 3 is 2.57 bits per heavy atom. The second-order valence-corrected chi connectivity index (χ2v) is 9.53. The van der Waals surface area contributed by atoms with E-state index < -0.39 is 0 Å². The SMILES string of the molecule is CC(=O)/C=C(/C)O.[Ir].[c-]1cccc2sc3cccc4[se]c5ccnc(c12)c5c34. The van der Waals surface area contributed by atoms with Crippen molar-refractivity contribution in [2.75, 3.05) is 0 Å². The third kappa shape index (κ3) is 3.98. The zero-order valence-corrected chi connectivity index (χ0v) is 20.1. The molecule has 0 fully saturated rings. The van der Waals surface area contributed by atoms with E-state index in [4.69, 9.17) is 5.11 Å². The van der Waals surface area contributed by atoms with Crippen molar-refractivity contribution in [1.82, 2.24) is 4.98 Å². The summed E-state index contributed by atoms with van der Waals surface area (Å²) in [5, 5.41) is 12.3. The number of allylic oxidation sites excluding steroid dienone is 2. The number of aliphatic hydroxyl groups is 1. The Kier molecular flexibility index (Phi) is 6.49. The molecule has 1 radical (unpaired) electrons. The molecular formula is C22H16IrNO2SSe-. The number of fused-ring (bicyclic) bond motifs is 2. The molecule has 0 atom stereocenters. The fraction of sp³-hybridized carbons (Fsp3) is 0.0909. The molecule has 6 heteroatoms. The van der Waals surface area contributed by atoms with Gasteiger partial charge in [0.25, 0.3) is 0 Å². The van der Waals surface area contributed by atoms with Crippen LogP contribution < -0.4 is 0 Å². The van der Waals surface area contributed by atoms with E-state index in [2.05, 4.69) is 47.4 Å². The molecule has 0 spiro atoms. The third-order valence-electron chi connectivity index (χ3n) is 4.06. The summed E-state index contributed by atoms with van der Waals surface area (Å²) in [6.07, 6.45) is 3.11. The Morgan fingerprint density at radius 2 is 1.86 bits per heavy atom. The first-order chi connectivity index (χ1) is 13.0. The number of aliphatic hydroxyl groups excluding tert-OH is 1. The van der Waals surface area contributed by atoms with Gasteiger partial charge < -0.3 is 5.11 Å². The molecule has 3 nitrogen and oxygen atoms in total. The predicted molar refractivity (Wildman–Crippen MR) is 115 cm³/mol. The van der Waals surface area contributed by atoms with Crippen LogP contribution in [0, 0.1) is 6.07 Å². The Bertz CT molecular complexity index is 1330. The first-order valence-corrected chi connectivity index (χ1v) is 10.9. The molecule has 0 saturated heterocycles. The summed E-state index contributed by atoms with van der Waals surface area (Å²) in [4.78, 5) is 14.7. The van der Waals surface area contributed by atoms with Gasteiger partial charge in [-0.25, -0.2) is 0 Å². The standard InChI is InChI=1S/C17H8NSSe.C5H8O2.Ir/c1-2-5-11-10(4-1)17-16-14(8-9-18-17)20-13-7-3-6-12(19-11)15(13)16;1-4(6)3-5(2)7;/h1-3,5-9H;3,6H,1-2H3;/q-1;;/b;4-3-;. The minimum atomic E-state index is -0.125. The fourth-order valence-corrected chi connectivity index (χ4v) is 6.72. The summed E-state index contributed by atoms with van der Waals surface area (Å²) in [5.41, 5.74) is 1.11. The molecule has 1 N–H and O–H groups in total. The molecule has 3 heterocycles. The van der Waals surface area contributed by atoms with Gasteiger partial charge in [-0.15, -0.1) is 0 Å². The number of pyridine rings is 1. The molecule has 0 aliphatic rings. The van der Waals surface area contributed by atoms with Crippen molar-refractivity contribution in [3.8, 4) is 0 Å². The minimum absolute atomic E-state index is 0. The van der Waals surface area contributed by atoms with Crippen molar-refractivity contribution in [3.63, 3.8) is 0 Å². The van der Waals surface area contributed by atoms with Crippen molar-refractivity contribution in [2.24, 2.45) is 0 Å². The number of hydrogen-bond donors (Lipinski definition) is 1. The maximum atomic E-state index is 10.0. The van der Waals surface area contributed by atoms with Gasteiger partial charge in [0.15, 0.2) is 5.78 Å². The number of ketones is 1. The molecule has 2 aromatic carbocycles. The van der Waals surface area contributed by atoms with E-state index in [9.17, 15) is 4.79 Å². The van der Waals surface area contributed by atoms with Crippen molar-refractivity contribution in [3.05, 3.63) is 66.6 Å². The van der Waals surface area contributed by atoms with Crippen LogP contribution in [-0.4, -0.2) is 30.4 Å². The number of nitrogens with zero attached hydrogens (tertiary/aromatic N) is 1. The predicted octanol–water partition coefficient (Wildman–Crippen LogP) is 5.65. The quantitative estimate of drug-likeness (QED) is 0.113. The number of benzene rings is 2. The van der Waals surface area contributed by atoms with Gasteiger partial charge in [0.05, 0.1) is 5.76 Å². The second kappa shape index (κ2) is 8.69. The Morgan fingerprint density at radius 1 is 1.11 bits per heavy atom. The van der Waals surface area contributed by atoms with Gasteiger partial charge in [-0.1, -0.05) is 0 Å². The van der Waals surface area contributed by atoms with E-state index in [0.717, 1.165) is 10.9 Å². The molecule has 0 saturated carbocycles. The van der Waals surface area contributed by atoms with Crippen LogP contribution in [0.3, 0.4) is 0 Å². The number of hydrogen-bond acceptors (Lipinski definition) is 4. The summed E-state index contributed by atoms with van der Waals surface area (Å²) < 4.78 is 5.55. The van der Waals surface area contributed by atoms with Crippen LogP contribution in [0.4, 0.5) is 0 Å². The van der Waals surface area contributed by atoms with E-state index >= 15 is 0 Å². The summed E-state index contributed by atoms with van der Waals surface area (Å²) in [6.45, 7) is 2.85. The van der Waals surface area contributed by atoms with Gasteiger partial charge in [0.2, 0.25) is 0 Å². The molecule has 5 rings (SSSR count). The zero-order valence-electron chi connectivity index (χ0n) is 15.1. The van der Waals surface area contributed by atoms with Crippen molar-refractivity contribution in [1.29, 1.82) is 0 Å². The van der Waals surface area contributed by atoms with Gasteiger partial charge in [-0.2, -0.15) is 0 Å². The average Bonchev–Trinajstić information content (AvgIpc) is 2.93. The molecule has 0 aliphatic carbocycles. The van der Waals surface area contributed by atoms with Crippen LogP contribution in [0.1, 0.15) is 13.8 Å². The zero-order chi connectivity index (χ0) is 19.0. The summed E-state index contributed by atoms with van der Waals surface area (Å²) in [5.74, 6) is -0.0625. The van der Waals surface area contributed by atoms with Gasteiger partial charge in [-0.3, -0.25) is 4.79 Å². The molecule has 0 aliphatic heterocycles. The Balaban J connectivity index is 0.000000246. The Labute approximate surface area is 185 Å². The molecule has 143 valence electrons. The first kappa shape index (κ1) is 20.9. The van der Waals surface area contributed by atoms with Crippen molar-refractivity contribution in [2.45, 2.75) is 13.8 Å². The molecular weight excluding hydrogens is 613 g/mol. The molecule has 0 bridgehead atoms. The van der Waals surface area contributed by atoms with Gasteiger partial charge in [0, 0.05) is 26.2 Å². The van der Waals surface area contributed by atoms with E-state index in [1.807, 2.05) is 23.6 Å². The topological polar surface area (TPSA) is 50.2 Å². The van der Waals surface area contributed by atoms with Crippen molar-refractivity contribution < 1.29 is 30.0 Å². The van der Waals surface area contributed by atoms with Crippen LogP contribution in [0.25, 0.3) is 39.6 Å². The number of carbonyl (C=O) groups is 1. The summed E-state index contributed by atoms with van der Waals surface area (Å²) in [7, 11) is 0. The average molecular weight is 630 g/mol. The van der Waals surface area contributed by atoms with Crippen LogP contribution in [0.15, 0.2) is 60.5 Å². The van der Waals surface area contributed by atoms with Gasteiger partial charge in [0.1, 0.15) is 0 Å². The normalized spacial score (nSPS) is 11.4.